The van der Waals surface area contributed by atoms with E-state index in [1.54, 1.807) is 50.1 Å². The molecule has 0 fully saturated rings. The van der Waals surface area contributed by atoms with Gasteiger partial charge in [-0.05, 0) is 55.1 Å². The van der Waals surface area contributed by atoms with Crippen LogP contribution in [0.25, 0.3) is 0 Å². The van der Waals surface area contributed by atoms with Crippen molar-refractivity contribution in [2.75, 3.05) is 18.7 Å². The fraction of sp³-hybridized carbons (Fsp3) is 0.200. The second kappa shape index (κ2) is 8.18. The molecule has 1 aliphatic heterocycles. The van der Waals surface area contributed by atoms with Crippen LogP contribution in [0.2, 0.25) is 0 Å². The number of urea groups is 1. The fourth-order valence-corrected chi connectivity index (χ4v) is 3.32. The lowest BCUT2D eigenvalue weighted by atomic mass is 9.95. The summed E-state index contributed by atoms with van der Waals surface area (Å²) in [4.78, 5) is 26.0. The van der Waals surface area contributed by atoms with Gasteiger partial charge in [0.15, 0.2) is 0 Å². The Morgan fingerprint density at radius 2 is 1.78 bits per heavy atom. The highest BCUT2D eigenvalue weighted by Crippen LogP contribution is 2.29. The van der Waals surface area contributed by atoms with Crippen LogP contribution in [0, 0.1) is 0 Å². The van der Waals surface area contributed by atoms with Gasteiger partial charge in [0, 0.05) is 16.3 Å². The summed E-state index contributed by atoms with van der Waals surface area (Å²) in [6, 6.07) is 14.0. The summed E-state index contributed by atoms with van der Waals surface area (Å²) in [7, 11) is 1.59. The molecule has 6 nitrogen and oxygen atoms in total. The van der Waals surface area contributed by atoms with Gasteiger partial charge in [0.05, 0.1) is 18.7 Å². The maximum Gasteiger partial charge on any atom is 0.319 e. The van der Waals surface area contributed by atoms with Gasteiger partial charge < -0.3 is 20.7 Å². The molecule has 2 aromatic carbocycles. The van der Waals surface area contributed by atoms with Crippen LogP contribution in [0.15, 0.2) is 64.7 Å². The van der Waals surface area contributed by atoms with Gasteiger partial charge in [0.2, 0.25) is 0 Å². The van der Waals surface area contributed by atoms with Crippen LogP contribution in [0.5, 0.6) is 5.75 Å². The quantitative estimate of drug-likeness (QED) is 0.688. The van der Waals surface area contributed by atoms with E-state index in [9.17, 15) is 9.59 Å². The van der Waals surface area contributed by atoms with Crippen molar-refractivity contribution in [1.82, 2.24) is 10.6 Å². The van der Waals surface area contributed by atoms with Gasteiger partial charge in [0.25, 0.3) is 5.91 Å². The smallest absolute Gasteiger partial charge is 0.319 e. The van der Waals surface area contributed by atoms with E-state index in [4.69, 9.17) is 4.74 Å². The van der Waals surface area contributed by atoms with Crippen molar-refractivity contribution in [3.05, 3.63) is 65.4 Å². The maximum absolute atomic E-state index is 13.0. The molecule has 3 amide bonds. The molecule has 0 aromatic heterocycles. The van der Waals surface area contributed by atoms with E-state index in [0.29, 0.717) is 22.7 Å². The molecule has 1 heterocycles. The first-order valence-electron chi connectivity index (χ1n) is 8.39. The second-order valence-electron chi connectivity index (χ2n) is 6.03. The first kappa shape index (κ1) is 18.8. The normalized spacial score (nSPS) is 16.4. The Bertz CT molecular complexity index is 876. The van der Waals surface area contributed by atoms with E-state index in [2.05, 4.69) is 16.0 Å². The minimum Gasteiger partial charge on any atom is -0.497 e. The number of nitrogens with one attached hydrogen (secondary N) is 3. The molecule has 0 unspecified atom stereocenters. The average Bonchev–Trinajstić information content (AvgIpc) is 2.68. The van der Waals surface area contributed by atoms with E-state index in [1.807, 2.05) is 30.5 Å². The summed E-state index contributed by atoms with van der Waals surface area (Å²) in [6.07, 6.45) is 2.00. The Morgan fingerprint density at radius 3 is 2.37 bits per heavy atom. The highest BCUT2D eigenvalue weighted by atomic mass is 32.2. The zero-order chi connectivity index (χ0) is 19.4. The molecule has 0 radical (unpaired) electrons. The molecule has 0 spiro atoms. The monoisotopic (exact) mass is 383 g/mol. The number of hydrogen-bond acceptors (Lipinski definition) is 4. The fourth-order valence-electron chi connectivity index (χ4n) is 2.91. The number of rotatable bonds is 5. The number of carbonyl (C=O) groups is 2. The number of allylic oxidation sites excluding steroid dienone is 1. The van der Waals surface area contributed by atoms with Crippen LogP contribution >= 0.6 is 11.8 Å². The number of hydrogen-bond donors (Lipinski definition) is 3. The highest BCUT2D eigenvalue weighted by Gasteiger charge is 2.31. The maximum atomic E-state index is 13.0. The Morgan fingerprint density at radius 1 is 1.11 bits per heavy atom. The third-order valence-corrected chi connectivity index (χ3v) is 5.05. The van der Waals surface area contributed by atoms with Crippen molar-refractivity contribution in [2.24, 2.45) is 0 Å². The van der Waals surface area contributed by atoms with E-state index in [0.717, 1.165) is 10.5 Å². The summed E-state index contributed by atoms with van der Waals surface area (Å²) in [5.41, 5.74) is 2.50. The Balaban J connectivity index is 1.88. The minimum atomic E-state index is -0.520. The number of amides is 3. The van der Waals surface area contributed by atoms with Crippen LogP contribution in [-0.2, 0) is 4.79 Å². The van der Waals surface area contributed by atoms with E-state index < -0.39 is 6.04 Å². The van der Waals surface area contributed by atoms with Gasteiger partial charge in [-0.3, -0.25) is 4.79 Å². The van der Waals surface area contributed by atoms with Crippen molar-refractivity contribution >= 4 is 29.4 Å². The average molecular weight is 383 g/mol. The van der Waals surface area contributed by atoms with Gasteiger partial charge in [-0.15, -0.1) is 11.8 Å². The largest absolute Gasteiger partial charge is 0.497 e. The van der Waals surface area contributed by atoms with Gasteiger partial charge >= 0.3 is 6.03 Å². The van der Waals surface area contributed by atoms with Crippen molar-refractivity contribution in [2.45, 2.75) is 17.9 Å². The van der Waals surface area contributed by atoms with Crippen molar-refractivity contribution < 1.29 is 14.3 Å². The lowest BCUT2D eigenvalue weighted by molar-refractivity contribution is -0.113. The first-order chi connectivity index (χ1) is 13.0. The summed E-state index contributed by atoms with van der Waals surface area (Å²) in [6.45, 7) is 1.73. The number of methoxy groups -OCH3 is 1. The van der Waals surface area contributed by atoms with Gasteiger partial charge in [-0.2, -0.15) is 0 Å². The molecule has 140 valence electrons. The van der Waals surface area contributed by atoms with Crippen molar-refractivity contribution in [3.8, 4) is 5.75 Å². The van der Waals surface area contributed by atoms with Crippen LogP contribution in [-0.4, -0.2) is 25.3 Å². The number of thioether (sulfide) groups is 1. The van der Waals surface area contributed by atoms with Crippen LogP contribution in [0.1, 0.15) is 18.5 Å². The molecule has 3 rings (SSSR count). The summed E-state index contributed by atoms with van der Waals surface area (Å²) < 4.78 is 5.13. The number of benzene rings is 2. The van der Waals surface area contributed by atoms with Gasteiger partial charge in [-0.25, -0.2) is 4.79 Å². The minimum absolute atomic E-state index is 0.274. The Hall–Kier alpha value is -2.93. The molecular formula is C20H21N3O3S. The second-order valence-corrected chi connectivity index (χ2v) is 6.91. The highest BCUT2D eigenvalue weighted by molar-refractivity contribution is 7.98. The number of ether oxygens (including phenoxy) is 1. The topological polar surface area (TPSA) is 79.5 Å². The van der Waals surface area contributed by atoms with Gasteiger partial charge in [0.1, 0.15) is 5.75 Å². The van der Waals surface area contributed by atoms with Crippen molar-refractivity contribution in [3.63, 3.8) is 0 Å². The molecule has 27 heavy (non-hydrogen) atoms. The molecule has 3 N–H and O–H groups in total. The van der Waals surface area contributed by atoms with Gasteiger partial charge in [-0.1, -0.05) is 12.1 Å². The van der Waals surface area contributed by atoms with Crippen LogP contribution in [0.3, 0.4) is 0 Å². The molecular weight excluding hydrogens is 362 g/mol. The summed E-state index contributed by atoms with van der Waals surface area (Å²) in [5, 5.41) is 8.40. The molecule has 0 aliphatic carbocycles. The first-order valence-corrected chi connectivity index (χ1v) is 9.62. The van der Waals surface area contributed by atoms with Crippen LogP contribution in [0.4, 0.5) is 10.5 Å². The Kier molecular flexibility index (Phi) is 5.71. The molecule has 0 saturated heterocycles. The Labute approximate surface area is 162 Å². The summed E-state index contributed by atoms with van der Waals surface area (Å²) >= 11 is 1.64. The zero-order valence-corrected chi connectivity index (χ0v) is 16.1. The molecule has 0 bridgehead atoms. The molecule has 0 saturated carbocycles. The molecule has 2 aromatic rings. The number of carbonyl (C=O) groups excluding carboxylic acids is 2. The zero-order valence-electron chi connectivity index (χ0n) is 15.3. The lowest BCUT2D eigenvalue weighted by Gasteiger charge is -2.28. The predicted octanol–water partition coefficient (Wildman–Crippen LogP) is 3.68. The third kappa shape index (κ3) is 4.25. The summed E-state index contributed by atoms with van der Waals surface area (Å²) in [5.74, 6) is 0.436. The molecule has 1 aliphatic rings. The van der Waals surface area contributed by atoms with E-state index >= 15 is 0 Å². The SMILES string of the molecule is COc1ccc(NC(=O)C2=C(C)NC(=O)N[C@H]2c2ccc(SC)cc2)cc1. The predicted molar refractivity (Wildman–Crippen MR) is 107 cm³/mol. The van der Waals surface area contributed by atoms with E-state index in [1.165, 1.54) is 0 Å². The van der Waals surface area contributed by atoms with E-state index in [-0.39, 0.29) is 11.9 Å². The van der Waals surface area contributed by atoms with Crippen LogP contribution < -0.4 is 20.7 Å². The lowest BCUT2D eigenvalue weighted by Crippen LogP contribution is -2.45. The van der Waals surface area contributed by atoms with Crippen molar-refractivity contribution in [1.29, 1.82) is 0 Å². The number of anilines is 1. The standard InChI is InChI=1S/C20H21N3O3S/c1-12-17(19(24)22-14-6-8-15(26-2)9-7-14)18(23-20(25)21-12)13-4-10-16(27-3)11-5-13/h4-11,18H,1-3H3,(H,22,24)(H2,21,23,25)/t18-/m0/s1. The molecule has 7 heteroatoms. The molecule has 1 atom stereocenters. The third-order valence-electron chi connectivity index (χ3n) is 4.31.